The second-order valence-corrected chi connectivity index (χ2v) is 5.96. The molecule has 110 valence electrons. The van der Waals surface area contributed by atoms with Crippen molar-refractivity contribution in [2.24, 2.45) is 5.92 Å². The van der Waals surface area contributed by atoms with Crippen LogP contribution in [0.25, 0.3) is 0 Å². The van der Waals surface area contributed by atoms with E-state index >= 15 is 0 Å². The molecule has 0 aromatic rings. The average molecular weight is 269 g/mol. The number of carboxylic acids is 1. The molecule has 0 radical (unpaired) electrons. The zero-order valence-electron chi connectivity index (χ0n) is 12.0. The quantitative estimate of drug-likeness (QED) is 0.746. The number of nitrogens with one attached hydrogen (secondary N) is 1. The van der Waals surface area contributed by atoms with Crippen molar-refractivity contribution >= 4 is 5.97 Å². The first kappa shape index (κ1) is 14.8. The van der Waals surface area contributed by atoms with Gasteiger partial charge in [0.05, 0.1) is 6.10 Å². The molecule has 0 heterocycles. The second kappa shape index (κ2) is 6.71. The van der Waals surface area contributed by atoms with Crippen LogP contribution in [0.3, 0.4) is 0 Å². The number of ether oxygens (including phenoxy) is 1. The molecule has 2 aliphatic carbocycles. The normalized spacial score (nSPS) is 31.9. The Morgan fingerprint density at radius 1 is 1.32 bits per heavy atom. The van der Waals surface area contributed by atoms with Crippen LogP contribution in [0.1, 0.15) is 58.3 Å². The molecule has 2 atom stereocenters. The molecule has 0 saturated heterocycles. The minimum Gasteiger partial charge on any atom is -0.480 e. The Morgan fingerprint density at radius 2 is 2.05 bits per heavy atom. The maximum absolute atomic E-state index is 11.6. The van der Waals surface area contributed by atoms with Crippen LogP contribution in [0.5, 0.6) is 0 Å². The van der Waals surface area contributed by atoms with Gasteiger partial charge in [0.1, 0.15) is 5.54 Å². The van der Waals surface area contributed by atoms with Gasteiger partial charge in [0.15, 0.2) is 0 Å². The molecule has 0 spiro atoms. The van der Waals surface area contributed by atoms with Crippen molar-refractivity contribution in [3.63, 3.8) is 0 Å². The van der Waals surface area contributed by atoms with Crippen molar-refractivity contribution in [1.29, 1.82) is 0 Å². The van der Waals surface area contributed by atoms with Crippen molar-refractivity contribution in [1.82, 2.24) is 5.32 Å². The van der Waals surface area contributed by atoms with Gasteiger partial charge in [-0.3, -0.25) is 4.79 Å². The SMILES string of the molecule is CCNC1(C(=O)O)CCCC1CCOC1CCCC1. The van der Waals surface area contributed by atoms with Crippen molar-refractivity contribution in [2.75, 3.05) is 13.2 Å². The average Bonchev–Trinajstić information content (AvgIpc) is 3.01. The molecular formula is C15H27NO3. The van der Waals surface area contributed by atoms with Crippen molar-refractivity contribution < 1.29 is 14.6 Å². The van der Waals surface area contributed by atoms with Crippen molar-refractivity contribution in [2.45, 2.75) is 69.9 Å². The lowest BCUT2D eigenvalue weighted by molar-refractivity contribution is -0.147. The minimum atomic E-state index is -0.701. The highest BCUT2D eigenvalue weighted by molar-refractivity contribution is 5.79. The third kappa shape index (κ3) is 3.29. The Bertz CT molecular complexity index is 302. The van der Waals surface area contributed by atoms with Crippen molar-refractivity contribution in [3.8, 4) is 0 Å². The lowest BCUT2D eigenvalue weighted by Gasteiger charge is -2.32. The molecule has 2 rings (SSSR count). The number of carboxylic acid groups (broad SMARTS) is 1. The molecule has 2 fully saturated rings. The van der Waals surface area contributed by atoms with Gasteiger partial charge in [-0.25, -0.2) is 0 Å². The predicted molar refractivity (Wildman–Crippen MR) is 74.2 cm³/mol. The molecule has 2 unspecified atom stereocenters. The molecule has 4 heteroatoms. The van der Waals surface area contributed by atoms with Crippen LogP contribution >= 0.6 is 0 Å². The first-order chi connectivity index (χ1) is 9.19. The smallest absolute Gasteiger partial charge is 0.324 e. The summed E-state index contributed by atoms with van der Waals surface area (Å²) in [5.74, 6) is -0.468. The number of carbonyl (C=O) groups is 1. The summed E-state index contributed by atoms with van der Waals surface area (Å²) in [6.07, 6.45) is 9.00. The lowest BCUT2D eigenvalue weighted by Crippen LogP contribution is -2.55. The largest absolute Gasteiger partial charge is 0.480 e. The summed E-state index contributed by atoms with van der Waals surface area (Å²) >= 11 is 0. The van der Waals surface area contributed by atoms with Crippen LogP contribution in [-0.2, 0) is 9.53 Å². The highest BCUT2D eigenvalue weighted by Gasteiger charge is 2.48. The molecule has 0 aromatic heterocycles. The van der Waals surface area contributed by atoms with E-state index in [2.05, 4.69) is 5.32 Å². The Morgan fingerprint density at radius 3 is 2.68 bits per heavy atom. The molecule has 0 aliphatic heterocycles. The standard InChI is InChI=1S/C15H27NO3/c1-2-16-15(14(17)18)10-5-6-12(15)9-11-19-13-7-3-4-8-13/h12-13,16H,2-11H2,1H3,(H,17,18). The Labute approximate surface area is 115 Å². The van der Waals surface area contributed by atoms with E-state index in [-0.39, 0.29) is 5.92 Å². The molecule has 0 bridgehead atoms. The highest BCUT2D eigenvalue weighted by atomic mass is 16.5. The highest BCUT2D eigenvalue weighted by Crippen LogP contribution is 2.38. The number of aliphatic carboxylic acids is 1. The fourth-order valence-corrected chi connectivity index (χ4v) is 3.81. The maximum atomic E-state index is 11.6. The molecule has 19 heavy (non-hydrogen) atoms. The maximum Gasteiger partial charge on any atom is 0.324 e. The van der Waals surface area contributed by atoms with Gasteiger partial charge in [-0.15, -0.1) is 0 Å². The molecule has 0 amide bonds. The van der Waals surface area contributed by atoms with Crippen LogP contribution in [0, 0.1) is 5.92 Å². The molecule has 2 aliphatic rings. The number of rotatable bonds is 7. The van der Waals surface area contributed by atoms with Gasteiger partial charge in [0.25, 0.3) is 0 Å². The van der Waals surface area contributed by atoms with Gasteiger partial charge in [0.2, 0.25) is 0 Å². The van der Waals surface area contributed by atoms with E-state index in [1.807, 2.05) is 6.92 Å². The van der Waals surface area contributed by atoms with Crippen molar-refractivity contribution in [3.05, 3.63) is 0 Å². The Balaban J connectivity index is 1.84. The number of hydrogen-bond donors (Lipinski definition) is 2. The van der Waals surface area contributed by atoms with Crippen LogP contribution in [0.4, 0.5) is 0 Å². The van der Waals surface area contributed by atoms with Crippen LogP contribution in [0.15, 0.2) is 0 Å². The van der Waals surface area contributed by atoms with Crippen LogP contribution < -0.4 is 5.32 Å². The Kier molecular flexibility index (Phi) is 5.22. The van der Waals surface area contributed by atoms with Gasteiger partial charge in [-0.1, -0.05) is 26.2 Å². The van der Waals surface area contributed by atoms with Gasteiger partial charge in [0, 0.05) is 6.61 Å². The van der Waals surface area contributed by atoms with Gasteiger partial charge in [-0.2, -0.15) is 0 Å². The summed E-state index contributed by atoms with van der Waals surface area (Å²) < 4.78 is 5.90. The minimum absolute atomic E-state index is 0.214. The fourth-order valence-electron chi connectivity index (χ4n) is 3.81. The summed E-state index contributed by atoms with van der Waals surface area (Å²) in [5.41, 5.74) is -0.701. The summed E-state index contributed by atoms with van der Waals surface area (Å²) in [6.45, 7) is 3.41. The van der Waals surface area contributed by atoms with E-state index in [0.29, 0.717) is 12.6 Å². The lowest BCUT2D eigenvalue weighted by atomic mass is 9.84. The van der Waals surface area contributed by atoms with E-state index in [1.54, 1.807) is 0 Å². The topological polar surface area (TPSA) is 58.6 Å². The van der Waals surface area contributed by atoms with Gasteiger partial charge < -0.3 is 15.2 Å². The van der Waals surface area contributed by atoms with E-state index in [1.165, 1.54) is 25.7 Å². The third-order valence-corrected chi connectivity index (χ3v) is 4.82. The number of likely N-dealkylation sites (N-methyl/N-ethyl adjacent to an activating group) is 1. The Hall–Kier alpha value is -0.610. The molecule has 2 N–H and O–H groups in total. The molecule has 2 saturated carbocycles. The van der Waals surface area contributed by atoms with Crippen LogP contribution in [-0.4, -0.2) is 35.9 Å². The third-order valence-electron chi connectivity index (χ3n) is 4.82. The first-order valence-electron chi connectivity index (χ1n) is 7.79. The van der Waals surface area contributed by atoms with Crippen LogP contribution in [0.2, 0.25) is 0 Å². The monoisotopic (exact) mass is 269 g/mol. The summed E-state index contributed by atoms with van der Waals surface area (Å²) in [4.78, 5) is 11.6. The second-order valence-electron chi connectivity index (χ2n) is 5.96. The molecule has 4 nitrogen and oxygen atoms in total. The van der Waals surface area contributed by atoms with Gasteiger partial charge >= 0.3 is 5.97 Å². The molecular weight excluding hydrogens is 242 g/mol. The van der Waals surface area contributed by atoms with Gasteiger partial charge in [-0.05, 0) is 44.6 Å². The zero-order valence-corrected chi connectivity index (χ0v) is 12.0. The number of hydrogen-bond acceptors (Lipinski definition) is 3. The zero-order chi connectivity index (χ0) is 13.7. The fraction of sp³-hybridized carbons (Fsp3) is 0.933. The first-order valence-corrected chi connectivity index (χ1v) is 7.79. The summed E-state index contributed by atoms with van der Waals surface area (Å²) in [7, 11) is 0. The predicted octanol–water partition coefficient (Wildman–Crippen LogP) is 2.57. The molecule has 0 aromatic carbocycles. The van der Waals surface area contributed by atoms with E-state index in [0.717, 1.165) is 32.3 Å². The van der Waals surface area contributed by atoms with E-state index < -0.39 is 11.5 Å². The van der Waals surface area contributed by atoms with E-state index in [9.17, 15) is 9.90 Å². The van der Waals surface area contributed by atoms with E-state index in [4.69, 9.17) is 4.74 Å². The summed E-state index contributed by atoms with van der Waals surface area (Å²) in [6, 6.07) is 0. The summed E-state index contributed by atoms with van der Waals surface area (Å²) in [5, 5.41) is 12.8.